The summed E-state index contributed by atoms with van der Waals surface area (Å²) in [4.78, 5) is 11.1. The van der Waals surface area contributed by atoms with Gasteiger partial charge in [0.15, 0.2) is 0 Å². The molecular formula is C16H33NO2. The molecule has 0 aromatic rings. The molecule has 0 aromatic carbocycles. The summed E-state index contributed by atoms with van der Waals surface area (Å²) in [6, 6.07) is 0. The van der Waals surface area contributed by atoms with E-state index in [1.54, 1.807) is 0 Å². The van der Waals surface area contributed by atoms with Crippen LogP contribution in [0.25, 0.3) is 0 Å². The molecular weight excluding hydrogens is 238 g/mol. The van der Waals surface area contributed by atoms with E-state index in [2.05, 4.69) is 34.6 Å². The van der Waals surface area contributed by atoms with Crippen LogP contribution in [0.15, 0.2) is 0 Å². The molecule has 0 saturated heterocycles. The zero-order chi connectivity index (χ0) is 14.9. The fourth-order valence-electron chi connectivity index (χ4n) is 2.68. The van der Waals surface area contributed by atoms with E-state index >= 15 is 0 Å². The smallest absolute Gasteiger partial charge is 0.404 e. The first-order chi connectivity index (χ1) is 8.82. The molecule has 0 fully saturated rings. The van der Waals surface area contributed by atoms with Gasteiger partial charge in [-0.15, -0.1) is 0 Å². The van der Waals surface area contributed by atoms with Gasteiger partial charge in [-0.3, -0.25) is 0 Å². The number of carbonyl (C=O) groups is 1. The van der Waals surface area contributed by atoms with E-state index in [-0.39, 0.29) is 11.5 Å². The number of rotatable bonds is 9. The van der Waals surface area contributed by atoms with Crippen LogP contribution in [0, 0.1) is 11.3 Å². The molecule has 19 heavy (non-hydrogen) atoms. The van der Waals surface area contributed by atoms with Gasteiger partial charge >= 0.3 is 6.09 Å². The standard InChI is InChI=1S/C16H33NO2/c1-6-8-9-10-11-12-13(7-2)14(16(3,4)5)19-15(17)18/h13-14H,6-12H2,1-5H3,(H2,17,18). The van der Waals surface area contributed by atoms with Gasteiger partial charge in [0.25, 0.3) is 0 Å². The van der Waals surface area contributed by atoms with Gasteiger partial charge in [0.2, 0.25) is 0 Å². The third-order valence-electron chi connectivity index (χ3n) is 3.73. The maximum Gasteiger partial charge on any atom is 0.404 e. The molecule has 0 heterocycles. The third-order valence-corrected chi connectivity index (χ3v) is 3.73. The molecule has 0 bridgehead atoms. The van der Waals surface area contributed by atoms with E-state index in [9.17, 15) is 4.79 Å². The van der Waals surface area contributed by atoms with Crippen molar-refractivity contribution in [3.05, 3.63) is 0 Å². The van der Waals surface area contributed by atoms with E-state index < -0.39 is 6.09 Å². The van der Waals surface area contributed by atoms with Crippen LogP contribution in [0.2, 0.25) is 0 Å². The number of ether oxygens (including phenoxy) is 1. The summed E-state index contributed by atoms with van der Waals surface area (Å²) in [6.07, 6.45) is 7.81. The number of amides is 1. The zero-order valence-corrected chi connectivity index (χ0v) is 13.5. The SMILES string of the molecule is CCCCCCCC(CC)C(OC(N)=O)C(C)(C)C. The summed E-state index contributed by atoms with van der Waals surface area (Å²) in [6.45, 7) is 10.7. The van der Waals surface area contributed by atoms with E-state index in [4.69, 9.17) is 10.5 Å². The molecule has 0 aromatic heterocycles. The molecule has 0 saturated carbocycles. The van der Waals surface area contributed by atoms with E-state index in [0.717, 1.165) is 12.8 Å². The predicted molar refractivity (Wildman–Crippen MR) is 81.1 cm³/mol. The molecule has 3 nitrogen and oxygen atoms in total. The molecule has 0 aliphatic carbocycles. The van der Waals surface area contributed by atoms with Crippen molar-refractivity contribution in [1.29, 1.82) is 0 Å². The average Bonchev–Trinajstić information content (AvgIpc) is 2.30. The topological polar surface area (TPSA) is 52.3 Å². The second-order valence-electron chi connectivity index (χ2n) is 6.59. The van der Waals surface area contributed by atoms with Crippen molar-refractivity contribution in [1.82, 2.24) is 0 Å². The van der Waals surface area contributed by atoms with E-state index in [0.29, 0.717) is 5.92 Å². The number of primary amides is 1. The summed E-state index contributed by atoms with van der Waals surface area (Å²) in [5.41, 5.74) is 5.16. The van der Waals surface area contributed by atoms with Crippen LogP contribution in [0.4, 0.5) is 4.79 Å². The molecule has 1 amide bonds. The molecule has 3 heteroatoms. The quantitative estimate of drug-likeness (QED) is 0.607. The van der Waals surface area contributed by atoms with Crippen LogP contribution in [0.5, 0.6) is 0 Å². The van der Waals surface area contributed by atoms with Gasteiger partial charge in [-0.2, -0.15) is 0 Å². The predicted octanol–water partition coefficient (Wildman–Crippen LogP) is 4.88. The van der Waals surface area contributed by atoms with Gasteiger partial charge in [0, 0.05) is 0 Å². The van der Waals surface area contributed by atoms with E-state index in [1.165, 1.54) is 32.1 Å². The number of carbonyl (C=O) groups excluding carboxylic acids is 1. The molecule has 2 unspecified atom stereocenters. The summed E-state index contributed by atoms with van der Waals surface area (Å²) >= 11 is 0. The molecule has 0 aliphatic rings. The zero-order valence-electron chi connectivity index (χ0n) is 13.5. The lowest BCUT2D eigenvalue weighted by Gasteiger charge is -2.35. The third kappa shape index (κ3) is 8.12. The van der Waals surface area contributed by atoms with Crippen LogP contribution in [-0.2, 0) is 4.74 Å². The molecule has 0 spiro atoms. The Hall–Kier alpha value is -0.730. The highest BCUT2D eigenvalue weighted by Gasteiger charge is 2.33. The van der Waals surface area contributed by atoms with Gasteiger partial charge in [0.1, 0.15) is 6.10 Å². The Morgan fingerprint density at radius 1 is 1.11 bits per heavy atom. The van der Waals surface area contributed by atoms with Crippen molar-refractivity contribution in [3.63, 3.8) is 0 Å². The van der Waals surface area contributed by atoms with Gasteiger partial charge in [0.05, 0.1) is 0 Å². The van der Waals surface area contributed by atoms with Gasteiger partial charge in [-0.25, -0.2) is 4.79 Å². The fourth-order valence-corrected chi connectivity index (χ4v) is 2.68. The minimum atomic E-state index is -0.649. The Morgan fingerprint density at radius 2 is 1.68 bits per heavy atom. The van der Waals surface area contributed by atoms with Crippen molar-refractivity contribution in [2.75, 3.05) is 0 Å². The van der Waals surface area contributed by atoms with Crippen LogP contribution >= 0.6 is 0 Å². The molecule has 114 valence electrons. The van der Waals surface area contributed by atoms with Gasteiger partial charge in [-0.1, -0.05) is 66.7 Å². The van der Waals surface area contributed by atoms with Crippen LogP contribution in [-0.4, -0.2) is 12.2 Å². The number of hydrogen-bond donors (Lipinski definition) is 1. The first-order valence-corrected chi connectivity index (χ1v) is 7.79. The lowest BCUT2D eigenvalue weighted by molar-refractivity contribution is -0.00824. The lowest BCUT2D eigenvalue weighted by atomic mass is 9.78. The molecule has 0 aliphatic heterocycles. The average molecular weight is 271 g/mol. The summed E-state index contributed by atoms with van der Waals surface area (Å²) in [5.74, 6) is 0.411. The Labute approximate surface area is 119 Å². The highest BCUT2D eigenvalue weighted by molar-refractivity contribution is 5.64. The van der Waals surface area contributed by atoms with Crippen LogP contribution in [0.1, 0.15) is 79.6 Å². The summed E-state index contributed by atoms with van der Waals surface area (Å²) < 4.78 is 5.38. The van der Waals surface area contributed by atoms with Gasteiger partial charge < -0.3 is 10.5 Å². The largest absolute Gasteiger partial charge is 0.446 e. The van der Waals surface area contributed by atoms with Crippen molar-refractivity contribution < 1.29 is 9.53 Å². The normalized spacial score (nSPS) is 15.0. The highest BCUT2D eigenvalue weighted by atomic mass is 16.6. The van der Waals surface area contributed by atoms with Crippen molar-refractivity contribution >= 4 is 6.09 Å². The molecule has 2 atom stereocenters. The minimum Gasteiger partial charge on any atom is -0.446 e. The minimum absolute atomic E-state index is 0.0564. The van der Waals surface area contributed by atoms with Crippen LogP contribution < -0.4 is 5.73 Å². The number of nitrogens with two attached hydrogens (primary N) is 1. The summed E-state index contributed by atoms with van der Waals surface area (Å²) in [5, 5.41) is 0. The Bertz CT molecular complexity index is 246. The van der Waals surface area contributed by atoms with E-state index in [1.807, 2.05) is 0 Å². The molecule has 0 radical (unpaired) electrons. The van der Waals surface area contributed by atoms with Gasteiger partial charge in [-0.05, 0) is 24.2 Å². The lowest BCUT2D eigenvalue weighted by Crippen LogP contribution is -2.39. The summed E-state index contributed by atoms with van der Waals surface area (Å²) in [7, 11) is 0. The monoisotopic (exact) mass is 271 g/mol. The Balaban J connectivity index is 4.36. The molecule has 0 rings (SSSR count). The second kappa shape index (κ2) is 9.22. The van der Waals surface area contributed by atoms with Crippen molar-refractivity contribution in [3.8, 4) is 0 Å². The van der Waals surface area contributed by atoms with Crippen LogP contribution in [0.3, 0.4) is 0 Å². The number of hydrogen-bond acceptors (Lipinski definition) is 2. The molecule has 2 N–H and O–H groups in total. The first-order valence-electron chi connectivity index (χ1n) is 7.79. The maximum absolute atomic E-state index is 11.1. The number of unbranched alkanes of at least 4 members (excludes halogenated alkanes) is 4. The maximum atomic E-state index is 11.1. The first kappa shape index (κ1) is 18.3. The van der Waals surface area contributed by atoms with Crippen molar-refractivity contribution in [2.24, 2.45) is 17.1 Å². The van der Waals surface area contributed by atoms with Crippen molar-refractivity contribution in [2.45, 2.75) is 85.7 Å². The second-order valence-corrected chi connectivity index (χ2v) is 6.59. The Kier molecular flexibility index (Phi) is 8.86. The fraction of sp³-hybridized carbons (Fsp3) is 0.938. The Morgan fingerprint density at radius 3 is 2.11 bits per heavy atom. The highest BCUT2D eigenvalue weighted by Crippen LogP contribution is 2.33.